The fraction of sp³-hybridized carbons (Fsp3) is 0.727. The fourth-order valence-corrected chi connectivity index (χ4v) is 2.64. The van der Waals surface area contributed by atoms with Crippen molar-refractivity contribution in [2.75, 3.05) is 0 Å². The zero-order chi connectivity index (χ0) is 11.4. The normalized spacial score (nSPS) is 25.7. The third-order valence-electron chi connectivity index (χ3n) is 2.93. The summed E-state index contributed by atoms with van der Waals surface area (Å²) in [5, 5.41) is 18.4. The van der Waals surface area contributed by atoms with Gasteiger partial charge in [-0.25, -0.2) is 4.79 Å². The number of carboxylic acids is 1. The predicted octanol–water partition coefficient (Wildman–Crippen LogP) is 2.68. The van der Waals surface area contributed by atoms with E-state index in [1.165, 1.54) is 5.57 Å². The molecule has 15 heavy (non-hydrogen) atoms. The largest absolute Gasteiger partial charge is 0.479 e. The Bertz CT molecular complexity index is 273. The van der Waals surface area contributed by atoms with Crippen LogP contribution in [0.1, 0.15) is 39.0 Å². The Labute approximate surface area is 98.3 Å². The van der Waals surface area contributed by atoms with E-state index < -0.39 is 12.1 Å². The van der Waals surface area contributed by atoms with Crippen molar-refractivity contribution < 1.29 is 15.0 Å². The molecule has 0 aliphatic heterocycles. The second-order valence-electron chi connectivity index (χ2n) is 4.12. The molecular weight excluding hydrogens is 260 g/mol. The number of hydrogen-bond acceptors (Lipinski definition) is 2. The van der Waals surface area contributed by atoms with E-state index in [2.05, 4.69) is 15.9 Å². The number of aliphatic hydroxyl groups excluding tert-OH is 1. The maximum atomic E-state index is 10.8. The average molecular weight is 277 g/mol. The van der Waals surface area contributed by atoms with Crippen LogP contribution in [-0.4, -0.2) is 22.3 Å². The minimum atomic E-state index is -1.28. The minimum absolute atomic E-state index is 0.275. The van der Waals surface area contributed by atoms with Gasteiger partial charge in [0.2, 0.25) is 0 Å². The van der Waals surface area contributed by atoms with Crippen molar-refractivity contribution in [2.45, 2.75) is 45.1 Å². The quantitative estimate of drug-likeness (QED) is 0.815. The van der Waals surface area contributed by atoms with Gasteiger partial charge in [0.25, 0.3) is 0 Å². The van der Waals surface area contributed by atoms with Gasteiger partial charge in [-0.05, 0) is 26.2 Å². The Balaban J connectivity index is 2.86. The van der Waals surface area contributed by atoms with Gasteiger partial charge in [-0.15, -0.1) is 0 Å². The van der Waals surface area contributed by atoms with Crippen molar-refractivity contribution in [1.29, 1.82) is 0 Å². The van der Waals surface area contributed by atoms with Crippen molar-refractivity contribution >= 4 is 21.9 Å². The molecule has 0 aromatic rings. The van der Waals surface area contributed by atoms with Gasteiger partial charge in [0.15, 0.2) is 6.10 Å². The summed E-state index contributed by atoms with van der Waals surface area (Å²) >= 11 is 3.43. The highest BCUT2D eigenvalue weighted by Gasteiger charge is 2.29. The summed E-state index contributed by atoms with van der Waals surface area (Å²) in [6, 6.07) is 0. The maximum absolute atomic E-state index is 10.8. The zero-order valence-electron chi connectivity index (χ0n) is 8.87. The highest BCUT2D eigenvalue weighted by atomic mass is 79.9. The van der Waals surface area contributed by atoms with Gasteiger partial charge >= 0.3 is 5.97 Å². The molecule has 0 aromatic carbocycles. The third kappa shape index (κ3) is 3.31. The van der Waals surface area contributed by atoms with E-state index in [4.69, 9.17) is 5.11 Å². The van der Waals surface area contributed by atoms with Crippen LogP contribution in [-0.2, 0) is 4.79 Å². The van der Waals surface area contributed by atoms with Crippen LogP contribution in [0.2, 0.25) is 0 Å². The lowest BCUT2D eigenvalue weighted by Gasteiger charge is -2.23. The van der Waals surface area contributed by atoms with Crippen LogP contribution < -0.4 is 0 Å². The number of hydrogen-bond donors (Lipinski definition) is 2. The standard InChI is InChI=1S/C11H17BrO3/c1-7-5-3-2-4-6-8(9(7)12)10(13)11(14)15/h8,10,13H,2-6H2,1H3,(H,14,15). The number of allylic oxidation sites excluding steroid dienone is 1. The van der Waals surface area contributed by atoms with Crippen molar-refractivity contribution in [1.82, 2.24) is 0 Å². The second kappa shape index (κ2) is 5.66. The number of halogens is 1. The molecule has 0 fully saturated rings. The van der Waals surface area contributed by atoms with Crippen molar-refractivity contribution in [3.05, 3.63) is 10.1 Å². The van der Waals surface area contributed by atoms with Crippen LogP contribution in [0.4, 0.5) is 0 Å². The van der Waals surface area contributed by atoms with Crippen LogP contribution in [0, 0.1) is 5.92 Å². The van der Waals surface area contributed by atoms with E-state index in [1.54, 1.807) is 0 Å². The smallest absolute Gasteiger partial charge is 0.333 e. The molecule has 1 rings (SSSR count). The van der Waals surface area contributed by atoms with Gasteiger partial charge < -0.3 is 10.2 Å². The van der Waals surface area contributed by atoms with Gasteiger partial charge in [-0.1, -0.05) is 34.3 Å². The zero-order valence-corrected chi connectivity index (χ0v) is 10.5. The van der Waals surface area contributed by atoms with E-state index in [0.29, 0.717) is 0 Å². The number of carboxylic acid groups (broad SMARTS) is 1. The molecule has 0 saturated heterocycles. The van der Waals surface area contributed by atoms with E-state index >= 15 is 0 Å². The van der Waals surface area contributed by atoms with Crippen LogP contribution >= 0.6 is 15.9 Å². The maximum Gasteiger partial charge on any atom is 0.333 e. The predicted molar refractivity (Wildman–Crippen MR) is 61.8 cm³/mol. The van der Waals surface area contributed by atoms with E-state index in [1.807, 2.05) is 6.92 Å². The Morgan fingerprint density at radius 3 is 2.73 bits per heavy atom. The summed E-state index contributed by atoms with van der Waals surface area (Å²) in [6.07, 6.45) is 3.69. The lowest BCUT2D eigenvalue weighted by atomic mass is 9.89. The monoisotopic (exact) mass is 276 g/mol. The molecule has 1 aliphatic carbocycles. The Hall–Kier alpha value is -0.350. The highest BCUT2D eigenvalue weighted by Crippen LogP contribution is 2.33. The van der Waals surface area contributed by atoms with Crippen molar-refractivity contribution in [3.8, 4) is 0 Å². The molecule has 0 spiro atoms. The molecule has 86 valence electrons. The number of carbonyl (C=O) groups is 1. The Morgan fingerprint density at radius 1 is 1.47 bits per heavy atom. The van der Waals surface area contributed by atoms with Crippen LogP contribution in [0.25, 0.3) is 0 Å². The van der Waals surface area contributed by atoms with Crippen molar-refractivity contribution in [3.63, 3.8) is 0 Å². The molecule has 0 bridgehead atoms. The van der Waals surface area contributed by atoms with Crippen LogP contribution in [0.5, 0.6) is 0 Å². The summed E-state index contributed by atoms with van der Waals surface area (Å²) in [5.74, 6) is -1.41. The number of rotatable bonds is 2. The van der Waals surface area contributed by atoms with Crippen LogP contribution in [0.3, 0.4) is 0 Å². The second-order valence-corrected chi connectivity index (χ2v) is 4.97. The molecule has 2 unspecified atom stereocenters. The van der Waals surface area contributed by atoms with Gasteiger partial charge in [0.1, 0.15) is 0 Å². The third-order valence-corrected chi connectivity index (χ3v) is 4.20. The first-order valence-corrected chi connectivity index (χ1v) is 6.09. The summed E-state index contributed by atoms with van der Waals surface area (Å²) in [7, 11) is 0. The molecule has 2 N–H and O–H groups in total. The molecule has 1 aliphatic rings. The van der Waals surface area contributed by atoms with E-state index in [-0.39, 0.29) is 5.92 Å². The molecule has 0 amide bonds. The van der Waals surface area contributed by atoms with Gasteiger partial charge in [0, 0.05) is 10.4 Å². The molecule has 0 heterocycles. The summed E-state index contributed by atoms with van der Waals surface area (Å²) in [5.41, 5.74) is 1.17. The van der Waals surface area contributed by atoms with Gasteiger partial charge in [-0.2, -0.15) is 0 Å². The first kappa shape index (κ1) is 12.7. The average Bonchev–Trinajstić information content (AvgIpc) is 2.19. The highest BCUT2D eigenvalue weighted by molar-refractivity contribution is 9.11. The topological polar surface area (TPSA) is 57.5 Å². The number of aliphatic carboxylic acids is 1. The van der Waals surface area contributed by atoms with Crippen molar-refractivity contribution in [2.24, 2.45) is 5.92 Å². The van der Waals surface area contributed by atoms with E-state index in [9.17, 15) is 9.90 Å². The number of aliphatic hydroxyl groups is 1. The van der Waals surface area contributed by atoms with Gasteiger partial charge in [0.05, 0.1) is 0 Å². The van der Waals surface area contributed by atoms with Crippen LogP contribution in [0.15, 0.2) is 10.1 Å². The van der Waals surface area contributed by atoms with Gasteiger partial charge in [-0.3, -0.25) is 0 Å². The SMILES string of the molecule is CC1=C(Br)C(C(O)C(=O)O)CCCCC1. The van der Waals surface area contributed by atoms with E-state index in [0.717, 1.165) is 36.6 Å². The molecule has 0 radical (unpaired) electrons. The Morgan fingerprint density at radius 2 is 2.13 bits per heavy atom. The fourth-order valence-electron chi connectivity index (χ4n) is 1.96. The lowest BCUT2D eigenvalue weighted by Crippen LogP contribution is -2.30. The summed E-state index contributed by atoms with van der Waals surface area (Å²) in [4.78, 5) is 10.8. The molecule has 2 atom stereocenters. The molecule has 0 saturated carbocycles. The minimum Gasteiger partial charge on any atom is -0.479 e. The summed E-state index contributed by atoms with van der Waals surface area (Å²) < 4.78 is 0.886. The first-order valence-electron chi connectivity index (χ1n) is 5.30. The summed E-state index contributed by atoms with van der Waals surface area (Å²) in [6.45, 7) is 2.00. The molecular formula is C11H17BrO3. The molecule has 4 heteroatoms. The molecule has 3 nitrogen and oxygen atoms in total. The first-order chi connectivity index (χ1) is 7.04. The Kier molecular flexibility index (Phi) is 4.80. The molecule has 0 aromatic heterocycles. The lowest BCUT2D eigenvalue weighted by molar-refractivity contribution is -0.148.